The second-order valence-electron chi connectivity index (χ2n) is 4.38. The number of halogens is 1. The van der Waals surface area contributed by atoms with E-state index in [-0.39, 0.29) is 5.82 Å². The number of nitrogens with zero attached hydrogens (tertiary/aromatic N) is 1. The van der Waals surface area contributed by atoms with Gasteiger partial charge in [-0.05, 0) is 31.5 Å². The molecule has 0 bridgehead atoms. The molecule has 1 heterocycles. The second kappa shape index (κ2) is 5.78. The van der Waals surface area contributed by atoms with Crippen molar-refractivity contribution >= 4 is 0 Å². The highest BCUT2D eigenvalue weighted by Gasteiger charge is 2.05. The molecule has 0 unspecified atom stereocenters. The third-order valence-electron chi connectivity index (χ3n) is 2.83. The molecule has 96 valence electrons. The number of aromatic nitrogens is 2. The van der Waals surface area contributed by atoms with E-state index >= 15 is 0 Å². The van der Waals surface area contributed by atoms with Gasteiger partial charge in [-0.3, -0.25) is 0 Å². The predicted molar refractivity (Wildman–Crippen MR) is 70.7 cm³/mol. The molecule has 0 aliphatic rings. The Hall–Kier alpha value is -1.68. The molecule has 0 radical (unpaired) electrons. The first kappa shape index (κ1) is 12.8. The highest BCUT2D eigenvalue weighted by Crippen LogP contribution is 2.19. The van der Waals surface area contributed by atoms with Crippen molar-refractivity contribution in [2.45, 2.75) is 26.8 Å². The monoisotopic (exact) mass is 247 g/mol. The number of imidazole rings is 1. The smallest absolute Gasteiger partial charge is 0.126 e. The first-order valence-electron chi connectivity index (χ1n) is 6.22. The van der Waals surface area contributed by atoms with E-state index in [1.807, 2.05) is 6.07 Å². The molecule has 0 amide bonds. The third kappa shape index (κ3) is 2.96. The van der Waals surface area contributed by atoms with E-state index in [2.05, 4.69) is 22.2 Å². The Balaban J connectivity index is 2.11. The van der Waals surface area contributed by atoms with Gasteiger partial charge in [0.15, 0.2) is 0 Å². The van der Waals surface area contributed by atoms with Crippen LogP contribution in [0, 0.1) is 12.7 Å². The number of nitrogens with one attached hydrogen (secondary N) is 2. The van der Waals surface area contributed by atoms with Gasteiger partial charge < -0.3 is 10.3 Å². The van der Waals surface area contributed by atoms with Crippen LogP contribution in [-0.2, 0) is 6.54 Å². The zero-order valence-corrected chi connectivity index (χ0v) is 10.8. The summed E-state index contributed by atoms with van der Waals surface area (Å²) in [6, 6.07) is 5.21. The van der Waals surface area contributed by atoms with Gasteiger partial charge in [0.1, 0.15) is 11.6 Å². The summed E-state index contributed by atoms with van der Waals surface area (Å²) >= 11 is 0. The summed E-state index contributed by atoms with van der Waals surface area (Å²) in [5.41, 5.74) is 2.33. The van der Waals surface area contributed by atoms with Crippen molar-refractivity contribution in [2.24, 2.45) is 0 Å². The number of H-pyrrole nitrogens is 1. The molecule has 2 rings (SSSR count). The molecule has 0 saturated carbocycles. The molecule has 1 aromatic heterocycles. The summed E-state index contributed by atoms with van der Waals surface area (Å²) < 4.78 is 13.5. The van der Waals surface area contributed by atoms with Gasteiger partial charge >= 0.3 is 0 Å². The predicted octanol–water partition coefficient (Wildman–Crippen LogP) is 3.02. The lowest BCUT2D eigenvalue weighted by Gasteiger charge is -2.01. The lowest BCUT2D eigenvalue weighted by molar-refractivity contribution is 0.619. The van der Waals surface area contributed by atoms with Crippen molar-refractivity contribution in [1.29, 1.82) is 0 Å². The molecule has 0 saturated heterocycles. The lowest BCUT2D eigenvalue weighted by Crippen LogP contribution is -2.14. The lowest BCUT2D eigenvalue weighted by atomic mass is 10.1. The van der Waals surface area contributed by atoms with Crippen LogP contribution >= 0.6 is 0 Å². The number of aromatic amines is 1. The summed E-state index contributed by atoms with van der Waals surface area (Å²) in [4.78, 5) is 7.47. The number of aryl methyl sites for hydroxylation is 1. The van der Waals surface area contributed by atoms with Gasteiger partial charge in [0, 0.05) is 5.56 Å². The summed E-state index contributed by atoms with van der Waals surface area (Å²) in [6.07, 6.45) is 2.84. The molecular formula is C14H18FN3. The highest BCUT2D eigenvalue weighted by molar-refractivity contribution is 5.59. The Labute approximate surface area is 106 Å². The molecular weight excluding hydrogens is 229 g/mol. The molecule has 0 spiro atoms. The number of rotatable bonds is 5. The van der Waals surface area contributed by atoms with Crippen LogP contribution in [0.5, 0.6) is 0 Å². The summed E-state index contributed by atoms with van der Waals surface area (Å²) in [7, 11) is 0. The Bertz CT molecular complexity index is 520. The van der Waals surface area contributed by atoms with Crippen molar-refractivity contribution in [2.75, 3.05) is 6.54 Å². The normalized spacial score (nSPS) is 10.8. The second-order valence-corrected chi connectivity index (χ2v) is 4.38. The fourth-order valence-electron chi connectivity index (χ4n) is 1.74. The molecule has 0 fully saturated rings. The van der Waals surface area contributed by atoms with Crippen LogP contribution in [0.1, 0.15) is 24.7 Å². The van der Waals surface area contributed by atoms with Crippen LogP contribution in [-0.4, -0.2) is 16.5 Å². The minimum Gasteiger partial charge on any atom is -0.341 e. The van der Waals surface area contributed by atoms with E-state index in [0.29, 0.717) is 12.1 Å². The van der Waals surface area contributed by atoms with Gasteiger partial charge in [0.2, 0.25) is 0 Å². The van der Waals surface area contributed by atoms with Crippen LogP contribution in [0.2, 0.25) is 0 Å². The third-order valence-corrected chi connectivity index (χ3v) is 2.83. The van der Waals surface area contributed by atoms with Crippen molar-refractivity contribution < 1.29 is 4.39 Å². The Kier molecular flexibility index (Phi) is 4.10. The van der Waals surface area contributed by atoms with Gasteiger partial charge in [0.25, 0.3) is 0 Å². The van der Waals surface area contributed by atoms with Crippen molar-refractivity contribution in [3.05, 3.63) is 41.6 Å². The number of benzene rings is 1. The first-order valence-corrected chi connectivity index (χ1v) is 6.22. The standard InChI is InChI=1S/C14H18FN3/c1-3-6-16-9-14-17-8-13(18-14)11-5-4-10(2)12(15)7-11/h4-5,7-8,16H,3,6,9H2,1-2H3,(H,17,18). The SMILES string of the molecule is CCCNCc1ncc(-c2ccc(C)c(F)c2)[nH]1. The van der Waals surface area contributed by atoms with Crippen molar-refractivity contribution in [1.82, 2.24) is 15.3 Å². The molecule has 18 heavy (non-hydrogen) atoms. The quantitative estimate of drug-likeness (QED) is 0.797. The molecule has 2 aromatic rings. The van der Waals surface area contributed by atoms with Gasteiger partial charge in [-0.2, -0.15) is 0 Å². The number of hydrogen-bond acceptors (Lipinski definition) is 2. The molecule has 1 aromatic carbocycles. The van der Waals surface area contributed by atoms with E-state index in [9.17, 15) is 4.39 Å². The van der Waals surface area contributed by atoms with Crippen molar-refractivity contribution in [3.63, 3.8) is 0 Å². The van der Waals surface area contributed by atoms with Gasteiger partial charge in [-0.1, -0.05) is 19.1 Å². The largest absolute Gasteiger partial charge is 0.341 e. The molecule has 2 N–H and O–H groups in total. The van der Waals surface area contributed by atoms with E-state index in [4.69, 9.17) is 0 Å². The van der Waals surface area contributed by atoms with E-state index in [0.717, 1.165) is 30.0 Å². The summed E-state index contributed by atoms with van der Waals surface area (Å²) in [6.45, 7) is 5.55. The maximum atomic E-state index is 13.5. The fraction of sp³-hybridized carbons (Fsp3) is 0.357. The van der Waals surface area contributed by atoms with E-state index < -0.39 is 0 Å². The molecule has 0 atom stereocenters. The molecule has 0 aliphatic carbocycles. The van der Waals surface area contributed by atoms with Gasteiger partial charge in [-0.25, -0.2) is 9.37 Å². The highest BCUT2D eigenvalue weighted by atomic mass is 19.1. The maximum Gasteiger partial charge on any atom is 0.126 e. The Morgan fingerprint density at radius 2 is 2.22 bits per heavy atom. The van der Waals surface area contributed by atoms with Crippen LogP contribution < -0.4 is 5.32 Å². The molecule has 3 nitrogen and oxygen atoms in total. The minimum atomic E-state index is -0.187. The Morgan fingerprint density at radius 3 is 2.94 bits per heavy atom. The van der Waals surface area contributed by atoms with Crippen LogP contribution in [0.3, 0.4) is 0 Å². The first-order chi connectivity index (χ1) is 8.70. The van der Waals surface area contributed by atoms with Crippen molar-refractivity contribution in [3.8, 4) is 11.3 Å². The Morgan fingerprint density at radius 1 is 1.39 bits per heavy atom. The maximum absolute atomic E-state index is 13.5. The van der Waals surface area contributed by atoms with Crippen LogP contribution in [0.15, 0.2) is 24.4 Å². The zero-order chi connectivity index (χ0) is 13.0. The molecule has 0 aliphatic heterocycles. The van der Waals surface area contributed by atoms with E-state index in [1.165, 1.54) is 6.07 Å². The topological polar surface area (TPSA) is 40.7 Å². The van der Waals surface area contributed by atoms with E-state index in [1.54, 1.807) is 19.2 Å². The zero-order valence-electron chi connectivity index (χ0n) is 10.8. The summed E-state index contributed by atoms with van der Waals surface area (Å²) in [5, 5.41) is 3.27. The minimum absolute atomic E-state index is 0.187. The van der Waals surface area contributed by atoms with Crippen LogP contribution in [0.4, 0.5) is 4.39 Å². The average molecular weight is 247 g/mol. The van der Waals surface area contributed by atoms with Crippen LogP contribution in [0.25, 0.3) is 11.3 Å². The van der Waals surface area contributed by atoms with Gasteiger partial charge in [0.05, 0.1) is 18.4 Å². The number of hydrogen-bond donors (Lipinski definition) is 2. The van der Waals surface area contributed by atoms with Gasteiger partial charge in [-0.15, -0.1) is 0 Å². The summed E-state index contributed by atoms with van der Waals surface area (Å²) in [5.74, 6) is 0.687. The average Bonchev–Trinajstić information content (AvgIpc) is 2.82. The molecule has 4 heteroatoms. The fourth-order valence-corrected chi connectivity index (χ4v) is 1.74.